The third-order valence-corrected chi connectivity index (χ3v) is 4.76. The van der Waals surface area contributed by atoms with E-state index in [9.17, 15) is 4.79 Å². The average molecular weight is 403 g/mol. The second-order valence-corrected chi connectivity index (χ2v) is 6.80. The molecule has 0 saturated heterocycles. The summed E-state index contributed by atoms with van der Waals surface area (Å²) in [7, 11) is 0. The standard InChI is InChI=1S/C22H17N3O5/c1-14-20-17(11-18(19-7-4-10-29-19)23-21(20)30-24-14)22(26)25(12-15-5-2-8-27-15)13-16-6-3-9-28-16/h2-11H,12-13H2,1H3. The molecule has 150 valence electrons. The van der Waals surface area contributed by atoms with Gasteiger partial charge in [-0.25, -0.2) is 4.98 Å². The first kappa shape index (κ1) is 18.0. The monoisotopic (exact) mass is 403 g/mol. The Bertz CT molecular complexity index is 1230. The summed E-state index contributed by atoms with van der Waals surface area (Å²) in [5.74, 6) is 1.62. The maximum Gasteiger partial charge on any atom is 0.259 e. The van der Waals surface area contributed by atoms with E-state index in [1.165, 1.54) is 0 Å². The molecule has 0 bridgehead atoms. The lowest BCUT2D eigenvalue weighted by molar-refractivity contribution is 0.0706. The molecule has 5 heterocycles. The van der Waals surface area contributed by atoms with Crippen LogP contribution in [-0.4, -0.2) is 20.9 Å². The molecule has 0 fully saturated rings. The molecule has 30 heavy (non-hydrogen) atoms. The van der Waals surface area contributed by atoms with Crippen LogP contribution in [-0.2, 0) is 13.1 Å². The SMILES string of the molecule is Cc1noc2nc(-c3ccco3)cc(C(=O)N(Cc3ccco3)Cc3ccco3)c12. The first-order valence-corrected chi connectivity index (χ1v) is 9.34. The van der Waals surface area contributed by atoms with Crippen LogP contribution in [0.4, 0.5) is 0 Å². The third-order valence-electron chi connectivity index (χ3n) is 4.76. The van der Waals surface area contributed by atoms with Crippen LogP contribution in [0.5, 0.6) is 0 Å². The Hall–Kier alpha value is -4.07. The predicted octanol–water partition coefficient (Wildman–Crippen LogP) is 4.82. The smallest absolute Gasteiger partial charge is 0.259 e. The largest absolute Gasteiger partial charge is 0.467 e. The molecule has 0 saturated carbocycles. The Morgan fingerprint density at radius 2 is 1.63 bits per heavy atom. The summed E-state index contributed by atoms with van der Waals surface area (Å²) in [6.45, 7) is 2.33. The lowest BCUT2D eigenvalue weighted by atomic mass is 10.1. The molecule has 0 aliphatic heterocycles. The van der Waals surface area contributed by atoms with Gasteiger partial charge in [0.1, 0.15) is 17.2 Å². The van der Waals surface area contributed by atoms with Crippen LogP contribution < -0.4 is 0 Å². The Balaban J connectivity index is 1.60. The summed E-state index contributed by atoms with van der Waals surface area (Å²) in [5, 5.41) is 4.56. The van der Waals surface area contributed by atoms with Crippen molar-refractivity contribution in [3.63, 3.8) is 0 Å². The van der Waals surface area contributed by atoms with Crippen LogP contribution >= 0.6 is 0 Å². The van der Waals surface area contributed by atoms with E-state index in [1.807, 2.05) is 12.1 Å². The summed E-state index contributed by atoms with van der Waals surface area (Å²) < 4.78 is 21.8. The van der Waals surface area contributed by atoms with Gasteiger partial charge in [0.25, 0.3) is 11.6 Å². The van der Waals surface area contributed by atoms with Crippen molar-refractivity contribution in [3.05, 3.63) is 84.0 Å². The number of pyridine rings is 1. The fourth-order valence-corrected chi connectivity index (χ4v) is 3.37. The second-order valence-electron chi connectivity index (χ2n) is 6.80. The van der Waals surface area contributed by atoms with E-state index in [-0.39, 0.29) is 24.7 Å². The number of amides is 1. The van der Waals surface area contributed by atoms with Gasteiger partial charge in [-0.1, -0.05) is 5.16 Å². The molecule has 0 aliphatic carbocycles. The molecular weight excluding hydrogens is 386 g/mol. The Kier molecular flexibility index (Phi) is 4.44. The number of hydrogen-bond donors (Lipinski definition) is 0. The summed E-state index contributed by atoms with van der Waals surface area (Å²) in [5.41, 5.74) is 1.77. The predicted molar refractivity (Wildman–Crippen MR) is 105 cm³/mol. The Labute approximate surface area is 170 Å². The molecule has 0 aliphatic rings. The third kappa shape index (κ3) is 3.28. The molecule has 1 amide bonds. The van der Waals surface area contributed by atoms with Gasteiger partial charge in [0.2, 0.25) is 0 Å². The van der Waals surface area contributed by atoms with Crippen molar-refractivity contribution in [1.29, 1.82) is 0 Å². The normalized spacial score (nSPS) is 11.2. The maximum atomic E-state index is 13.7. The highest BCUT2D eigenvalue weighted by atomic mass is 16.5. The van der Waals surface area contributed by atoms with Crippen molar-refractivity contribution in [2.45, 2.75) is 20.0 Å². The molecule has 0 aromatic carbocycles. The molecule has 8 nitrogen and oxygen atoms in total. The van der Waals surface area contributed by atoms with Gasteiger partial charge in [-0.2, -0.15) is 0 Å². The zero-order valence-corrected chi connectivity index (χ0v) is 16.1. The van der Waals surface area contributed by atoms with Crippen LogP contribution in [0.2, 0.25) is 0 Å². The fraction of sp³-hybridized carbons (Fsp3) is 0.136. The van der Waals surface area contributed by atoms with Gasteiger partial charge in [-0.15, -0.1) is 0 Å². The number of rotatable bonds is 6. The molecule has 0 N–H and O–H groups in total. The average Bonchev–Trinajstić information content (AvgIpc) is 3.54. The van der Waals surface area contributed by atoms with Crippen LogP contribution in [0, 0.1) is 6.92 Å². The zero-order chi connectivity index (χ0) is 20.5. The van der Waals surface area contributed by atoms with Crippen LogP contribution in [0.15, 0.2) is 79.0 Å². The van der Waals surface area contributed by atoms with E-state index in [0.717, 1.165) is 0 Å². The minimum absolute atomic E-state index is 0.227. The molecule has 0 atom stereocenters. The van der Waals surface area contributed by atoms with Crippen molar-refractivity contribution >= 4 is 17.0 Å². The fourth-order valence-electron chi connectivity index (χ4n) is 3.37. The van der Waals surface area contributed by atoms with Crippen molar-refractivity contribution in [2.24, 2.45) is 0 Å². The quantitative estimate of drug-likeness (QED) is 0.401. The van der Waals surface area contributed by atoms with Crippen LogP contribution in [0.1, 0.15) is 27.6 Å². The molecule has 5 aromatic rings. The summed E-state index contributed by atoms with van der Waals surface area (Å²) in [6, 6.07) is 12.4. The number of aryl methyl sites for hydroxylation is 1. The lowest BCUT2D eigenvalue weighted by Gasteiger charge is -2.21. The minimum atomic E-state index is -0.227. The molecule has 0 unspecified atom stereocenters. The second kappa shape index (κ2) is 7.40. The highest BCUT2D eigenvalue weighted by Gasteiger charge is 2.25. The number of carbonyl (C=O) groups is 1. The van der Waals surface area contributed by atoms with Gasteiger partial charge in [-0.05, 0) is 49.4 Å². The zero-order valence-electron chi connectivity index (χ0n) is 16.1. The van der Waals surface area contributed by atoms with Crippen molar-refractivity contribution in [2.75, 3.05) is 0 Å². The molecule has 0 spiro atoms. The molecule has 0 radical (unpaired) electrons. The summed E-state index contributed by atoms with van der Waals surface area (Å²) in [4.78, 5) is 19.8. The Morgan fingerprint density at radius 1 is 0.967 bits per heavy atom. The Morgan fingerprint density at radius 3 is 2.23 bits per heavy atom. The lowest BCUT2D eigenvalue weighted by Crippen LogP contribution is -2.30. The summed E-state index contributed by atoms with van der Waals surface area (Å²) >= 11 is 0. The highest BCUT2D eigenvalue weighted by Crippen LogP contribution is 2.29. The number of furan rings is 3. The topological polar surface area (TPSA) is 98.6 Å². The first-order valence-electron chi connectivity index (χ1n) is 9.34. The van der Waals surface area contributed by atoms with Crippen molar-refractivity contribution in [3.8, 4) is 11.5 Å². The van der Waals surface area contributed by atoms with Gasteiger partial charge in [0.15, 0.2) is 5.76 Å². The molecular formula is C22H17N3O5. The number of nitrogens with zero attached hydrogens (tertiary/aromatic N) is 3. The van der Waals surface area contributed by atoms with Crippen LogP contribution in [0.3, 0.4) is 0 Å². The van der Waals surface area contributed by atoms with Gasteiger partial charge in [0, 0.05) is 0 Å². The highest BCUT2D eigenvalue weighted by molar-refractivity contribution is 6.06. The number of aromatic nitrogens is 2. The number of hydrogen-bond acceptors (Lipinski definition) is 7. The van der Waals surface area contributed by atoms with E-state index < -0.39 is 0 Å². The van der Waals surface area contributed by atoms with Crippen molar-refractivity contribution < 1.29 is 22.6 Å². The molecule has 5 rings (SSSR count). The van der Waals surface area contributed by atoms with E-state index >= 15 is 0 Å². The van der Waals surface area contributed by atoms with Gasteiger partial charge in [0.05, 0.1) is 48.5 Å². The van der Waals surface area contributed by atoms with Gasteiger partial charge >= 0.3 is 0 Å². The van der Waals surface area contributed by atoms with E-state index in [0.29, 0.717) is 39.6 Å². The van der Waals surface area contributed by atoms with Gasteiger partial charge < -0.3 is 22.7 Å². The van der Waals surface area contributed by atoms with E-state index in [2.05, 4.69) is 10.1 Å². The minimum Gasteiger partial charge on any atom is -0.467 e. The number of carbonyl (C=O) groups excluding carboxylic acids is 1. The van der Waals surface area contributed by atoms with Gasteiger partial charge in [-0.3, -0.25) is 4.79 Å². The van der Waals surface area contributed by atoms with E-state index in [1.54, 1.807) is 60.9 Å². The number of fused-ring (bicyclic) bond motifs is 1. The molecule has 8 heteroatoms. The molecule has 5 aromatic heterocycles. The van der Waals surface area contributed by atoms with Crippen LogP contribution in [0.25, 0.3) is 22.6 Å². The summed E-state index contributed by atoms with van der Waals surface area (Å²) in [6.07, 6.45) is 4.71. The first-order chi connectivity index (χ1) is 14.7. The van der Waals surface area contributed by atoms with E-state index in [4.69, 9.17) is 17.8 Å². The maximum absolute atomic E-state index is 13.7. The van der Waals surface area contributed by atoms with Crippen molar-refractivity contribution in [1.82, 2.24) is 15.0 Å².